The van der Waals surface area contributed by atoms with Gasteiger partial charge in [0.05, 0.1) is 6.10 Å². The van der Waals surface area contributed by atoms with E-state index in [2.05, 4.69) is 4.74 Å². The van der Waals surface area contributed by atoms with Gasteiger partial charge in [0.2, 0.25) is 0 Å². The summed E-state index contributed by atoms with van der Waals surface area (Å²) in [6, 6.07) is 0. The molecule has 0 fully saturated rings. The van der Waals surface area contributed by atoms with Crippen LogP contribution in [0, 0.1) is 0 Å². The zero-order chi connectivity index (χ0) is 8.91. The summed E-state index contributed by atoms with van der Waals surface area (Å²) < 4.78 is 38.3. The maximum atomic E-state index is 11.5. The third-order valence-corrected chi connectivity index (χ3v) is 1.30. The molecule has 1 nitrogen and oxygen atoms in total. The summed E-state index contributed by atoms with van der Waals surface area (Å²) in [6.45, 7) is 3.36. The van der Waals surface area contributed by atoms with E-state index < -0.39 is 12.5 Å². The van der Waals surface area contributed by atoms with Crippen LogP contribution < -0.4 is 0 Å². The van der Waals surface area contributed by atoms with Gasteiger partial charge >= 0.3 is 6.36 Å². The molecule has 0 unspecified atom stereocenters. The van der Waals surface area contributed by atoms with Crippen LogP contribution in [0.3, 0.4) is 0 Å². The Morgan fingerprint density at radius 3 is 2.27 bits per heavy atom. The van der Waals surface area contributed by atoms with Gasteiger partial charge in [-0.05, 0) is 13.3 Å². The molecule has 1 atom stereocenters. The van der Waals surface area contributed by atoms with Crippen molar-refractivity contribution in [3.8, 4) is 0 Å². The van der Waals surface area contributed by atoms with Crippen molar-refractivity contribution in [1.29, 1.82) is 0 Å². The summed E-state index contributed by atoms with van der Waals surface area (Å²) in [5, 5.41) is 0. The van der Waals surface area contributed by atoms with Gasteiger partial charge in [0.1, 0.15) is 0 Å². The minimum absolute atomic E-state index is 0.468. The molecule has 0 radical (unpaired) electrons. The summed E-state index contributed by atoms with van der Waals surface area (Å²) >= 11 is 0. The third-order valence-electron chi connectivity index (χ3n) is 1.30. The van der Waals surface area contributed by atoms with Gasteiger partial charge in [0.25, 0.3) is 0 Å². The van der Waals surface area contributed by atoms with E-state index in [9.17, 15) is 13.2 Å². The lowest BCUT2D eigenvalue weighted by atomic mass is 10.2. The Morgan fingerprint density at radius 1 is 1.36 bits per heavy atom. The molecule has 0 aliphatic rings. The Bertz CT molecular complexity index is 100. The van der Waals surface area contributed by atoms with Crippen molar-refractivity contribution in [3.05, 3.63) is 0 Å². The average molecular weight is 170 g/mol. The quantitative estimate of drug-likeness (QED) is 0.629. The van der Waals surface area contributed by atoms with E-state index in [0.717, 1.165) is 12.8 Å². The molecule has 0 saturated heterocycles. The highest BCUT2D eigenvalue weighted by atomic mass is 19.4. The molecule has 68 valence electrons. The monoisotopic (exact) mass is 170 g/mol. The smallest absolute Gasteiger partial charge is 0.289 e. The van der Waals surface area contributed by atoms with E-state index in [1.54, 1.807) is 0 Å². The lowest BCUT2D eigenvalue weighted by Gasteiger charge is -2.13. The molecule has 0 rings (SSSR count). The molecule has 11 heavy (non-hydrogen) atoms. The Balaban J connectivity index is 3.44. The van der Waals surface area contributed by atoms with Crippen LogP contribution in [0.2, 0.25) is 0 Å². The average Bonchev–Trinajstić information content (AvgIpc) is 1.79. The highest BCUT2D eigenvalue weighted by Crippen LogP contribution is 2.20. The Labute approximate surface area is 64.5 Å². The molecule has 0 saturated carbocycles. The highest BCUT2D eigenvalue weighted by molar-refractivity contribution is 4.50. The normalized spacial score (nSPS) is 15.0. The zero-order valence-corrected chi connectivity index (χ0v) is 6.74. The molecule has 0 bridgehead atoms. The van der Waals surface area contributed by atoms with Crippen molar-refractivity contribution < 1.29 is 17.9 Å². The molecule has 0 aromatic heterocycles. The number of hydrogen-bond acceptors (Lipinski definition) is 1. The van der Waals surface area contributed by atoms with Gasteiger partial charge in [-0.3, -0.25) is 4.74 Å². The second-order valence-electron chi connectivity index (χ2n) is 2.52. The first-order valence-electron chi connectivity index (χ1n) is 3.70. The van der Waals surface area contributed by atoms with Crippen molar-refractivity contribution in [2.75, 3.05) is 0 Å². The van der Waals surface area contributed by atoms with Gasteiger partial charge in [-0.15, -0.1) is 13.2 Å². The van der Waals surface area contributed by atoms with Crippen molar-refractivity contribution in [1.82, 2.24) is 0 Å². The standard InChI is InChI=1S/C7H13F3O/c1-3-4-5-6(2)11-7(8,9)10/h6H,3-5H2,1-2H3/t6-/m1/s1. The number of rotatable bonds is 4. The molecule has 0 aromatic carbocycles. The maximum absolute atomic E-state index is 11.5. The third kappa shape index (κ3) is 7.65. The van der Waals surface area contributed by atoms with Crippen LogP contribution in [0.4, 0.5) is 13.2 Å². The van der Waals surface area contributed by atoms with Crippen LogP contribution in [0.25, 0.3) is 0 Å². The lowest BCUT2D eigenvalue weighted by molar-refractivity contribution is -0.340. The fourth-order valence-corrected chi connectivity index (χ4v) is 0.779. The minimum atomic E-state index is -4.48. The molecular formula is C7H13F3O. The molecule has 0 amide bonds. The maximum Gasteiger partial charge on any atom is 0.522 e. The van der Waals surface area contributed by atoms with E-state index in [-0.39, 0.29) is 0 Å². The molecule has 0 N–H and O–H groups in total. The minimum Gasteiger partial charge on any atom is -0.289 e. The summed E-state index contributed by atoms with van der Waals surface area (Å²) in [7, 11) is 0. The second kappa shape index (κ2) is 4.59. The van der Waals surface area contributed by atoms with E-state index >= 15 is 0 Å². The summed E-state index contributed by atoms with van der Waals surface area (Å²) in [5.74, 6) is 0. The van der Waals surface area contributed by atoms with Gasteiger partial charge in [-0.1, -0.05) is 19.8 Å². The molecule has 4 heteroatoms. The van der Waals surface area contributed by atoms with Gasteiger partial charge in [0.15, 0.2) is 0 Å². The van der Waals surface area contributed by atoms with E-state index in [1.807, 2.05) is 6.92 Å². The predicted octanol–water partition coefficient (Wildman–Crippen LogP) is 3.10. The molecule has 0 aliphatic heterocycles. The molecule has 0 heterocycles. The van der Waals surface area contributed by atoms with Crippen molar-refractivity contribution >= 4 is 0 Å². The van der Waals surface area contributed by atoms with Crippen LogP contribution in [0.15, 0.2) is 0 Å². The largest absolute Gasteiger partial charge is 0.522 e. The number of halogens is 3. The molecule has 0 aliphatic carbocycles. The van der Waals surface area contributed by atoms with Gasteiger partial charge in [0, 0.05) is 0 Å². The van der Waals surface area contributed by atoms with Crippen LogP contribution in [-0.4, -0.2) is 12.5 Å². The van der Waals surface area contributed by atoms with Crippen LogP contribution in [0.1, 0.15) is 33.1 Å². The molecular weight excluding hydrogens is 157 g/mol. The summed E-state index contributed by atoms with van der Waals surface area (Å²) in [5.41, 5.74) is 0. The van der Waals surface area contributed by atoms with Crippen LogP contribution in [0.5, 0.6) is 0 Å². The number of ether oxygens (including phenoxy) is 1. The SMILES string of the molecule is CCCC[C@@H](C)OC(F)(F)F. The Morgan fingerprint density at radius 2 is 1.91 bits per heavy atom. The Hall–Kier alpha value is -0.250. The lowest BCUT2D eigenvalue weighted by Crippen LogP contribution is -2.21. The predicted molar refractivity (Wildman–Crippen MR) is 36.1 cm³/mol. The van der Waals surface area contributed by atoms with Crippen molar-refractivity contribution in [2.24, 2.45) is 0 Å². The van der Waals surface area contributed by atoms with Crippen molar-refractivity contribution in [2.45, 2.75) is 45.6 Å². The number of alkyl halides is 3. The van der Waals surface area contributed by atoms with Crippen molar-refractivity contribution in [3.63, 3.8) is 0 Å². The fourth-order valence-electron chi connectivity index (χ4n) is 0.779. The van der Waals surface area contributed by atoms with Crippen LogP contribution in [-0.2, 0) is 4.74 Å². The number of unbranched alkanes of at least 4 members (excludes halogenated alkanes) is 1. The summed E-state index contributed by atoms with van der Waals surface area (Å²) in [4.78, 5) is 0. The number of hydrogen-bond donors (Lipinski definition) is 0. The first-order valence-corrected chi connectivity index (χ1v) is 3.70. The second-order valence-corrected chi connectivity index (χ2v) is 2.52. The zero-order valence-electron chi connectivity index (χ0n) is 6.74. The van der Waals surface area contributed by atoms with E-state index in [1.165, 1.54) is 6.92 Å². The first-order chi connectivity index (χ1) is 4.95. The fraction of sp³-hybridized carbons (Fsp3) is 1.00. The highest BCUT2D eigenvalue weighted by Gasteiger charge is 2.31. The summed E-state index contributed by atoms with van der Waals surface area (Å²) in [6.07, 6.45) is -3.05. The molecule has 0 aromatic rings. The Kier molecular flexibility index (Phi) is 4.49. The van der Waals surface area contributed by atoms with Gasteiger partial charge in [-0.2, -0.15) is 0 Å². The molecule has 0 spiro atoms. The van der Waals surface area contributed by atoms with E-state index in [4.69, 9.17) is 0 Å². The van der Waals surface area contributed by atoms with E-state index in [0.29, 0.717) is 6.42 Å². The topological polar surface area (TPSA) is 9.23 Å². The van der Waals surface area contributed by atoms with Crippen LogP contribution >= 0.6 is 0 Å². The van der Waals surface area contributed by atoms with Gasteiger partial charge < -0.3 is 0 Å². The van der Waals surface area contributed by atoms with Gasteiger partial charge in [-0.25, -0.2) is 0 Å². The first kappa shape index (κ1) is 10.8.